The molecule has 1 fully saturated rings. The van der Waals surface area contributed by atoms with Crippen molar-refractivity contribution in [2.75, 3.05) is 12.4 Å². The van der Waals surface area contributed by atoms with Crippen LogP contribution in [0.4, 0.5) is 18.9 Å². The molecular weight excluding hydrogens is 279 g/mol. The molecule has 0 unspecified atom stereocenters. The number of hydrogen-bond donors (Lipinski definition) is 2. The Bertz CT molecular complexity index is 526. The molecule has 1 aromatic rings. The summed E-state index contributed by atoms with van der Waals surface area (Å²) in [6, 6.07) is 5.83. The second kappa shape index (κ2) is 6.35. The van der Waals surface area contributed by atoms with E-state index >= 15 is 0 Å². The number of rotatable bonds is 3. The second-order valence-electron chi connectivity index (χ2n) is 5.35. The van der Waals surface area contributed by atoms with Gasteiger partial charge in [-0.25, -0.2) is 0 Å². The Balaban J connectivity index is 2.09. The highest BCUT2D eigenvalue weighted by Crippen LogP contribution is 2.32. The van der Waals surface area contributed by atoms with Gasteiger partial charge in [0.1, 0.15) is 6.07 Å². The number of hydrogen-bond acceptors (Lipinski definition) is 3. The molecule has 0 aliphatic heterocycles. The number of nitrogens with one attached hydrogen (secondary N) is 2. The maximum Gasteiger partial charge on any atom is 0.416 e. The second-order valence-corrected chi connectivity index (χ2v) is 5.35. The molecule has 2 rings (SSSR count). The highest BCUT2D eigenvalue weighted by atomic mass is 19.4. The predicted octanol–water partition coefficient (Wildman–Crippen LogP) is 3.52. The first-order chi connectivity index (χ1) is 9.94. The normalized spacial score (nSPS) is 22.6. The first kappa shape index (κ1) is 15.6. The number of nitrogens with zero attached hydrogens (tertiary/aromatic N) is 1. The van der Waals surface area contributed by atoms with E-state index in [4.69, 9.17) is 5.26 Å². The average Bonchev–Trinajstić information content (AvgIpc) is 2.47. The van der Waals surface area contributed by atoms with Gasteiger partial charge in [0.05, 0.1) is 16.8 Å². The van der Waals surface area contributed by atoms with Crippen molar-refractivity contribution in [3.8, 4) is 6.07 Å². The number of alkyl halides is 3. The van der Waals surface area contributed by atoms with E-state index in [1.54, 1.807) is 0 Å². The summed E-state index contributed by atoms with van der Waals surface area (Å²) in [5, 5.41) is 15.5. The number of halogens is 3. The molecule has 1 saturated carbocycles. The summed E-state index contributed by atoms with van der Waals surface area (Å²) >= 11 is 0. The molecule has 6 heteroatoms. The topological polar surface area (TPSA) is 47.8 Å². The highest BCUT2D eigenvalue weighted by molar-refractivity contribution is 5.59. The number of nitriles is 1. The lowest BCUT2D eigenvalue weighted by Crippen LogP contribution is -2.35. The molecule has 0 aromatic heterocycles. The van der Waals surface area contributed by atoms with Crippen LogP contribution in [0.3, 0.4) is 0 Å². The Morgan fingerprint density at radius 3 is 2.29 bits per heavy atom. The Hall–Kier alpha value is -1.74. The van der Waals surface area contributed by atoms with E-state index in [0.717, 1.165) is 37.8 Å². The molecule has 114 valence electrons. The molecule has 0 amide bonds. The van der Waals surface area contributed by atoms with Crippen molar-refractivity contribution in [3.63, 3.8) is 0 Å². The van der Waals surface area contributed by atoms with E-state index in [0.29, 0.717) is 11.7 Å². The molecule has 0 saturated heterocycles. The molecule has 1 aliphatic carbocycles. The van der Waals surface area contributed by atoms with Crippen LogP contribution in [-0.2, 0) is 6.18 Å². The van der Waals surface area contributed by atoms with E-state index < -0.39 is 11.7 Å². The predicted molar refractivity (Wildman–Crippen MR) is 74.9 cm³/mol. The molecule has 3 nitrogen and oxygen atoms in total. The first-order valence-corrected chi connectivity index (χ1v) is 6.99. The van der Waals surface area contributed by atoms with Crippen molar-refractivity contribution in [2.24, 2.45) is 0 Å². The van der Waals surface area contributed by atoms with Gasteiger partial charge in [-0.2, -0.15) is 18.4 Å². The fourth-order valence-corrected chi connectivity index (χ4v) is 2.69. The number of anilines is 1. The van der Waals surface area contributed by atoms with Crippen LogP contribution in [0.5, 0.6) is 0 Å². The first-order valence-electron chi connectivity index (χ1n) is 6.99. The summed E-state index contributed by atoms with van der Waals surface area (Å²) in [5.41, 5.74) is -0.262. The van der Waals surface area contributed by atoms with Crippen LogP contribution in [0.25, 0.3) is 0 Å². The van der Waals surface area contributed by atoms with Gasteiger partial charge in [0.15, 0.2) is 0 Å². The summed E-state index contributed by atoms with van der Waals surface area (Å²) in [5.74, 6) is 0. The van der Waals surface area contributed by atoms with Gasteiger partial charge in [-0.1, -0.05) is 0 Å². The van der Waals surface area contributed by atoms with Crippen LogP contribution < -0.4 is 10.6 Å². The van der Waals surface area contributed by atoms with Gasteiger partial charge >= 0.3 is 6.18 Å². The van der Waals surface area contributed by atoms with Gasteiger partial charge < -0.3 is 10.6 Å². The van der Waals surface area contributed by atoms with Gasteiger partial charge in [-0.15, -0.1) is 0 Å². The Labute approximate surface area is 122 Å². The standard InChI is InChI=1S/C15H18F3N3/c1-20-12-3-5-13(6-4-12)21-14-7-2-11(15(16,17)18)8-10(14)9-19/h2,7-8,12-13,20-21H,3-6H2,1H3. The zero-order chi connectivity index (χ0) is 15.5. The quantitative estimate of drug-likeness (QED) is 0.897. The van der Waals surface area contributed by atoms with Crippen LogP contribution in [0.2, 0.25) is 0 Å². The summed E-state index contributed by atoms with van der Waals surface area (Å²) in [7, 11) is 1.93. The Morgan fingerprint density at radius 2 is 1.76 bits per heavy atom. The van der Waals surface area contributed by atoms with Crippen LogP contribution >= 0.6 is 0 Å². The van der Waals surface area contributed by atoms with Gasteiger partial charge in [-0.3, -0.25) is 0 Å². The van der Waals surface area contributed by atoms with Crippen molar-refractivity contribution in [1.82, 2.24) is 5.32 Å². The summed E-state index contributed by atoms with van der Waals surface area (Å²) in [6.45, 7) is 0. The van der Waals surface area contributed by atoms with E-state index in [-0.39, 0.29) is 11.6 Å². The maximum atomic E-state index is 12.6. The molecule has 2 N–H and O–H groups in total. The molecule has 1 aromatic carbocycles. The lowest BCUT2D eigenvalue weighted by Gasteiger charge is -2.29. The zero-order valence-corrected chi connectivity index (χ0v) is 11.8. The average molecular weight is 297 g/mol. The van der Waals surface area contributed by atoms with Crippen LogP contribution in [0.15, 0.2) is 18.2 Å². The van der Waals surface area contributed by atoms with Gasteiger partial charge in [0.2, 0.25) is 0 Å². The lowest BCUT2D eigenvalue weighted by atomic mass is 9.91. The van der Waals surface area contributed by atoms with E-state index in [2.05, 4.69) is 10.6 Å². The highest BCUT2D eigenvalue weighted by Gasteiger charge is 2.31. The fraction of sp³-hybridized carbons (Fsp3) is 0.533. The Morgan fingerprint density at radius 1 is 1.14 bits per heavy atom. The smallest absolute Gasteiger partial charge is 0.381 e. The third-order valence-corrected chi connectivity index (χ3v) is 3.96. The summed E-state index contributed by atoms with van der Waals surface area (Å²) < 4.78 is 37.9. The molecule has 21 heavy (non-hydrogen) atoms. The molecule has 0 atom stereocenters. The fourth-order valence-electron chi connectivity index (χ4n) is 2.69. The molecular formula is C15H18F3N3. The molecule has 0 heterocycles. The summed E-state index contributed by atoms with van der Waals surface area (Å²) in [4.78, 5) is 0. The van der Waals surface area contributed by atoms with Gasteiger partial charge in [-0.05, 0) is 50.9 Å². The van der Waals surface area contributed by atoms with Crippen molar-refractivity contribution in [2.45, 2.75) is 43.9 Å². The third-order valence-electron chi connectivity index (χ3n) is 3.96. The SMILES string of the molecule is CNC1CCC(Nc2ccc(C(F)(F)F)cc2C#N)CC1. The van der Waals surface area contributed by atoms with Crippen molar-refractivity contribution >= 4 is 5.69 Å². The minimum atomic E-state index is -4.42. The van der Waals surface area contributed by atoms with Crippen LogP contribution in [0, 0.1) is 11.3 Å². The molecule has 0 spiro atoms. The summed E-state index contributed by atoms with van der Waals surface area (Å²) in [6.07, 6.45) is -0.489. The minimum absolute atomic E-state index is 0.0422. The third kappa shape index (κ3) is 3.88. The molecule has 0 bridgehead atoms. The van der Waals surface area contributed by atoms with Gasteiger partial charge in [0, 0.05) is 12.1 Å². The van der Waals surface area contributed by atoms with Crippen LogP contribution in [-0.4, -0.2) is 19.1 Å². The molecule has 1 aliphatic rings. The van der Waals surface area contributed by atoms with Crippen molar-refractivity contribution in [1.29, 1.82) is 5.26 Å². The minimum Gasteiger partial charge on any atom is -0.381 e. The van der Waals surface area contributed by atoms with E-state index in [1.165, 1.54) is 6.07 Å². The molecule has 0 radical (unpaired) electrons. The van der Waals surface area contributed by atoms with E-state index in [1.807, 2.05) is 13.1 Å². The van der Waals surface area contributed by atoms with Gasteiger partial charge in [0.25, 0.3) is 0 Å². The number of benzene rings is 1. The monoisotopic (exact) mass is 297 g/mol. The van der Waals surface area contributed by atoms with Crippen molar-refractivity contribution < 1.29 is 13.2 Å². The lowest BCUT2D eigenvalue weighted by molar-refractivity contribution is -0.137. The zero-order valence-electron chi connectivity index (χ0n) is 11.8. The van der Waals surface area contributed by atoms with Crippen molar-refractivity contribution in [3.05, 3.63) is 29.3 Å². The van der Waals surface area contributed by atoms with Crippen LogP contribution in [0.1, 0.15) is 36.8 Å². The Kier molecular flexibility index (Phi) is 4.73. The van der Waals surface area contributed by atoms with E-state index in [9.17, 15) is 13.2 Å². The largest absolute Gasteiger partial charge is 0.416 e. The maximum absolute atomic E-state index is 12.6.